The van der Waals surface area contributed by atoms with Gasteiger partial charge in [0.1, 0.15) is 0 Å². The van der Waals surface area contributed by atoms with Crippen molar-refractivity contribution in [3.63, 3.8) is 0 Å². The molecule has 2 aromatic carbocycles. The molecule has 1 amide bonds. The first-order chi connectivity index (χ1) is 11.6. The van der Waals surface area contributed by atoms with Gasteiger partial charge in [0.15, 0.2) is 5.43 Å². The van der Waals surface area contributed by atoms with Crippen LogP contribution in [0.2, 0.25) is 0 Å². The zero-order valence-electron chi connectivity index (χ0n) is 13.0. The van der Waals surface area contributed by atoms with E-state index in [9.17, 15) is 14.4 Å². The predicted octanol–water partition coefficient (Wildman–Crippen LogP) is 3.40. The number of carbonyl (C=O) groups excluding carboxylic acids is 2. The van der Waals surface area contributed by atoms with Crippen LogP contribution < -0.4 is 10.9 Å². The number of carbonyl (C=O) groups is 2. The summed E-state index contributed by atoms with van der Waals surface area (Å²) in [6, 6.07) is 12.3. The highest BCUT2D eigenvalue weighted by Gasteiger charge is 2.17. The summed E-state index contributed by atoms with van der Waals surface area (Å²) < 4.78 is 1.56. The third-order valence-electron chi connectivity index (χ3n) is 3.56. The summed E-state index contributed by atoms with van der Waals surface area (Å²) in [6.45, 7) is 1.85. The molecule has 0 aliphatic rings. The van der Waals surface area contributed by atoms with Crippen molar-refractivity contribution >= 4 is 43.4 Å². The van der Waals surface area contributed by atoms with Gasteiger partial charge in [-0.05, 0) is 30.7 Å². The molecule has 122 valence electrons. The first kappa shape index (κ1) is 16.1. The van der Waals surface area contributed by atoms with Gasteiger partial charge in [-0.1, -0.05) is 25.1 Å². The summed E-state index contributed by atoms with van der Waals surface area (Å²) in [4.78, 5) is 41.3. The Bertz CT molecular complexity index is 993. The van der Waals surface area contributed by atoms with E-state index in [4.69, 9.17) is 4.84 Å². The maximum Gasteiger partial charge on any atom is 0.363 e. The molecule has 3 aromatic rings. The van der Waals surface area contributed by atoms with E-state index < -0.39 is 5.97 Å². The van der Waals surface area contributed by atoms with E-state index >= 15 is 0 Å². The van der Waals surface area contributed by atoms with Crippen LogP contribution in [-0.4, -0.2) is 11.9 Å². The van der Waals surface area contributed by atoms with Crippen LogP contribution in [-0.2, 0) is 9.63 Å². The van der Waals surface area contributed by atoms with E-state index in [0.29, 0.717) is 21.9 Å². The highest BCUT2D eigenvalue weighted by molar-refractivity contribution is 7.24. The molecule has 0 aliphatic carbocycles. The van der Waals surface area contributed by atoms with E-state index in [2.05, 4.69) is 5.48 Å². The van der Waals surface area contributed by atoms with Gasteiger partial charge in [-0.15, -0.1) is 11.3 Å². The molecule has 3 rings (SSSR count). The number of hydroxylamine groups is 1. The predicted molar refractivity (Wildman–Crippen MR) is 94.1 cm³/mol. The molecular formula is C18H15NO4S. The molecule has 6 heteroatoms. The topological polar surface area (TPSA) is 72.5 Å². The van der Waals surface area contributed by atoms with Crippen molar-refractivity contribution in [2.24, 2.45) is 0 Å². The van der Waals surface area contributed by atoms with Crippen LogP contribution in [0, 0.1) is 0 Å². The van der Waals surface area contributed by atoms with Crippen molar-refractivity contribution in [3.05, 3.63) is 58.3 Å². The minimum atomic E-state index is -0.746. The third-order valence-corrected chi connectivity index (χ3v) is 4.70. The van der Waals surface area contributed by atoms with Crippen LogP contribution in [0.3, 0.4) is 0 Å². The van der Waals surface area contributed by atoms with Crippen LogP contribution in [0.25, 0.3) is 20.2 Å². The van der Waals surface area contributed by atoms with Gasteiger partial charge in [-0.25, -0.2) is 4.79 Å². The minimum absolute atomic E-state index is 0.149. The Morgan fingerprint density at radius 1 is 1.08 bits per heavy atom. The fraction of sp³-hybridized carbons (Fsp3) is 0.167. The third kappa shape index (κ3) is 3.00. The maximum absolute atomic E-state index is 12.8. The Hall–Kier alpha value is -2.73. The Labute approximate surface area is 141 Å². The summed E-state index contributed by atoms with van der Waals surface area (Å²) in [6.07, 6.45) is 0.915. The normalized spacial score (nSPS) is 10.7. The van der Waals surface area contributed by atoms with Crippen molar-refractivity contribution < 1.29 is 14.4 Å². The van der Waals surface area contributed by atoms with Crippen molar-refractivity contribution in [2.75, 3.05) is 0 Å². The standard InChI is InChI=1S/C18H15NO4S/c1-2-6-15(20)19-23-18(22)12-8-5-10-14-16(12)17(21)11-7-3-4-9-13(11)24-14/h3-5,7-10H,2,6H2,1H3,(H,19,20). The molecule has 0 saturated heterocycles. The van der Waals surface area contributed by atoms with Gasteiger partial charge in [-0.3, -0.25) is 9.59 Å². The molecule has 0 atom stereocenters. The lowest BCUT2D eigenvalue weighted by molar-refractivity contribution is -0.130. The van der Waals surface area contributed by atoms with Gasteiger partial charge in [0.05, 0.1) is 10.9 Å². The molecule has 24 heavy (non-hydrogen) atoms. The Morgan fingerprint density at radius 3 is 2.62 bits per heavy atom. The van der Waals surface area contributed by atoms with E-state index in [-0.39, 0.29) is 23.3 Å². The minimum Gasteiger partial charge on any atom is -0.335 e. The van der Waals surface area contributed by atoms with Crippen molar-refractivity contribution in [1.82, 2.24) is 5.48 Å². The van der Waals surface area contributed by atoms with E-state index in [1.165, 1.54) is 17.4 Å². The first-order valence-electron chi connectivity index (χ1n) is 7.56. The zero-order valence-corrected chi connectivity index (χ0v) is 13.8. The van der Waals surface area contributed by atoms with Crippen molar-refractivity contribution in [1.29, 1.82) is 0 Å². The lowest BCUT2D eigenvalue weighted by atomic mass is 10.1. The van der Waals surface area contributed by atoms with Crippen LogP contribution >= 0.6 is 11.3 Å². The van der Waals surface area contributed by atoms with Crippen LogP contribution in [0.4, 0.5) is 0 Å². The first-order valence-corrected chi connectivity index (χ1v) is 8.38. The van der Waals surface area contributed by atoms with Crippen molar-refractivity contribution in [2.45, 2.75) is 19.8 Å². The van der Waals surface area contributed by atoms with E-state index in [1.807, 2.05) is 19.1 Å². The maximum atomic E-state index is 12.8. The van der Waals surface area contributed by atoms with Crippen LogP contribution in [0.5, 0.6) is 0 Å². The molecule has 1 heterocycles. The van der Waals surface area contributed by atoms with Crippen LogP contribution in [0.1, 0.15) is 30.1 Å². The van der Waals surface area contributed by atoms with Gasteiger partial charge >= 0.3 is 5.97 Å². The highest BCUT2D eigenvalue weighted by atomic mass is 32.1. The molecule has 1 aromatic heterocycles. The monoisotopic (exact) mass is 341 g/mol. The summed E-state index contributed by atoms with van der Waals surface area (Å²) >= 11 is 1.43. The number of fused-ring (bicyclic) bond motifs is 2. The molecule has 0 spiro atoms. The Morgan fingerprint density at radius 2 is 1.83 bits per heavy atom. The van der Waals surface area contributed by atoms with E-state index in [1.54, 1.807) is 24.3 Å². The molecule has 0 saturated carbocycles. The highest BCUT2D eigenvalue weighted by Crippen LogP contribution is 2.26. The quantitative estimate of drug-likeness (QED) is 0.585. The molecule has 5 nitrogen and oxygen atoms in total. The van der Waals surface area contributed by atoms with Gasteiger partial charge < -0.3 is 4.84 Å². The molecule has 0 unspecified atom stereocenters. The average Bonchev–Trinajstić information content (AvgIpc) is 2.59. The fourth-order valence-electron chi connectivity index (χ4n) is 2.45. The summed E-state index contributed by atoms with van der Waals surface area (Å²) in [5, 5.41) is 0.876. The number of amides is 1. The zero-order chi connectivity index (χ0) is 17.1. The number of nitrogens with one attached hydrogen (secondary N) is 1. The lowest BCUT2D eigenvalue weighted by Gasteiger charge is -2.08. The van der Waals surface area contributed by atoms with Gasteiger partial charge in [0.2, 0.25) is 0 Å². The second-order valence-corrected chi connectivity index (χ2v) is 6.35. The number of hydrogen-bond acceptors (Lipinski definition) is 5. The van der Waals surface area contributed by atoms with Crippen LogP contribution in [0.15, 0.2) is 47.3 Å². The SMILES string of the molecule is CCCC(=O)NOC(=O)c1cccc2sc3ccccc3c(=O)c12. The molecule has 0 aliphatic heterocycles. The number of hydrogen-bond donors (Lipinski definition) is 1. The summed E-state index contributed by atoms with van der Waals surface area (Å²) in [5.74, 6) is -1.12. The van der Waals surface area contributed by atoms with E-state index in [0.717, 1.165) is 4.70 Å². The van der Waals surface area contributed by atoms with Gasteiger partial charge in [0, 0.05) is 21.2 Å². The molecule has 0 bridgehead atoms. The fourth-order valence-corrected chi connectivity index (χ4v) is 3.56. The average molecular weight is 341 g/mol. The molecule has 0 radical (unpaired) electrons. The Balaban J connectivity index is 2.05. The largest absolute Gasteiger partial charge is 0.363 e. The lowest BCUT2D eigenvalue weighted by Crippen LogP contribution is -2.27. The smallest absolute Gasteiger partial charge is 0.335 e. The van der Waals surface area contributed by atoms with Gasteiger partial charge in [-0.2, -0.15) is 5.48 Å². The van der Waals surface area contributed by atoms with Gasteiger partial charge in [0.25, 0.3) is 5.91 Å². The second-order valence-electron chi connectivity index (χ2n) is 5.27. The molecule has 1 N–H and O–H groups in total. The molecule has 0 fully saturated rings. The number of benzene rings is 2. The Kier molecular flexibility index (Phi) is 4.57. The number of rotatable bonds is 3. The molecular weight excluding hydrogens is 326 g/mol. The summed E-state index contributed by atoms with van der Waals surface area (Å²) in [5.41, 5.74) is 2.05. The summed E-state index contributed by atoms with van der Waals surface area (Å²) in [7, 11) is 0. The van der Waals surface area contributed by atoms with Crippen molar-refractivity contribution in [3.8, 4) is 0 Å². The second kappa shape index (κ2) is 6.80.